The van der Waals surface area contributed by atoms with Crippen LogP contribution in [0.3, 0.4) is 0 Å². The Morgan fingerprint density at radius 1 is 0.946 bits per heavy atom. The van der Waals surface area contributed by atoms with Crippen LogP contribution in [-0.4, -0.2) is 72.2 Å². The molecule has 0 unspecified atom stereocenters. The van der Waals surface area contributed by atoms with Gasteiger partial charge in [0.1, 0.15) is 24.1 Å². The molecule has 0 bridgehead atoms. The molecule has 1 aliphatic rings. The SMILES string of the molecule is CCOc1ccc(N([C@H](CC)C(=O)NCCOc2ccc(S(=O)(=O)N3CCCC3)cc2)S(C)(=O)=O)cc1. The number of ether oxygens (including phenoxy) is 2. The lowest BCUT2D eigenvalue weighted by atomic mass is 10.2. The van der Waals surface area contributed by atoms with Crippen LogP contribution in [0.2, 0.25) is 0 Å². The number of nitrogens with zero attached hydrogens (tertiary/aromatic N) is 2. The van der Waals surface area contributed by atoms with Gasteiger partial charge in [-0.3, -0.25) is 9.10 Å². The molecule has 1 N–H and O–H groups in total. The van der Waals surface area contributed by atoms with Gasteiger partial charge in [-0.1, -0.05) is 6.92 Å². The summed E-state index contributed by atoms with van der Waals surface area (Å²) in [5, 5.41) is 2.73. The van der Waals surface area contributed by atoms with Crippen molar-refractivity contribution in [2.24, 2.45) is 0 Å². The zero-order valence-corrected chi connectivity index (χ0v) is 23.1. The Bertz CT molecular complexity index is 1240. The van der Waals surface area contributed by atoms with Crippen LogP contribution in [0.15, 0.2) is 53.4 Å². The normalized spacial score (nSPS) is 15.2. The molecule has 1 saturated heterocycles. The van der Waals surface area contributed by atoms with E-state index in [0.29, 0.717) is 36.9 Å². The number of benzene rings is 2. The smallest absolute Gasteiger partial charge is 0.244 e. The van der Waals surface area contributed by atoms with Crippen molar-refractivity contribution in [3.05, 3.63) is 48.5 Å². The zero-order valence-electron chi connectivity index (χ0n) is 21.4. The summed E-state index contributed by atoms with van der Waals surface area (Å²) in [7, 11) is -7.24. The van der Waals surface area contributed by atoms with Crippen molar-refractivity contribution in [2.45, 2.75) is 44.0 Å². The highest BCUT2D eigenvalue weighted by Gasteiger charge is 2.31. The van der Waals surface area contributed by atoms with Gasteiger partial charge in [0.25, 0.3) is 0 Å². The quantitative estimate of drug-likeness (QED) is 0.378. The molecule has 0 aliphatic carbocycles. The molecule has 1 heterocycles. The Hall–Kier alpha value is -2.83. The van der Waals surface area contributed by atoms with Crippen LogP contribution >= 0.6 is 0 Å². The maximum atomic E-state index is 12.9. The second-order valence-corrected chi connectivity index (χ2v) is 12.4. The Labute approximate surface area is 219 Å². The highest BCUT2D eigenvalue weighted by molar-refractivity contribution is 7.92. The number of anilines is 1. The van der Waals surface area contributed by atoms with Gasteiger partial charge in [-0.2, -0.15) is 4.31 Å². The molecular formula is C25H35N3O7S2. The summed E-state index contributed by atoms with van der Waals surface area (Å²) < 4.78 is 64.1. The van der Waals surface area contributed by atoms with Crippen LogP contribution in [-0.2, 0) is 24.8 Å². The largest absolute Gasteiger partial charge is 0.494 e. The van der Waals surface area contributed by atoms with E-state index in [-0.39, 0.29) is 24.5 Å². The van der Waals surface area contributed by atoms with Crippen LogP contribution in [0.4, 0.5) is 5.69 Å². The lowest BCUT2D eigenvalue weighted by molar-refractivity contribution is -0.122. The van der Waals surface area contributed by atoms with Crippen molar-refractivity contribution >= 4 is 31.6 Å². The number of nitrogens with one attached hydrogen (secondary N) is 1. The summed E-state index contributed by atoms with van der Waals surface area (Å²) in [5.74, 6) is 0.627. The number of rotatable bonds is 13. The minimum Gasteiger partial charge on any atom is -0.494 e. The van der Waals surface area contributed by atoms with Gasteiger partial charge in [-0.25, -0.2) is 16.8 Å². The number of hydrogen-bond acceptors (Lipinski definition) is 7. The van der Waals surface area contributed by atoms with E-state index >= 15 is 0 Å². The molecule has 10 nitrogen and oxygen atoms in total. The fourth-order valence-corrected chi connectivity index (χ4v) is 6.89. The first kappa shape index (κ1) is 28.7. The maximum Gasteiger partial charge on any atom is 0.244 e. The first-order valence-corrected chi connectivity index (χ1v) is 15.6. The molecule has 1 amide bonds. The Morgan fingerprint density at radius 3 is 2.05 bits per heavy atom. The standard InChI is InChI=1S/C25H35N3O7S2/c1-4-24(28(36(3,30)31)20-8-10-21(11-9-20)34-5-2)25(29)26-16-19-35-22-12-14-23(15-13-22)37(32,33)27-17-6-7-18-27/h8-15,24H,4-7,16-19H2,1-3H3,(H,26,29)/t24-/m1/s1. The molecule has 0 aromatic heterocycles. The second-order valence-electron chi connectivity index (χ2n) is 8.63. The Kier molecular flexibility index (Phi) is 9.80. The third-order valence-electron chi connectivity index (χ3n) is 5.93. The topological polar surface area (TPSA) is 122 Å². The number of sulfonamides is 2. The summed E-state index contributed by atoms with van der Waals surface area (Å²) in [6.07, 6.45) is 3.07. The summed E-state index contributed by atoms with van der Waals surface area (Å²) in [6.45, 7) is 5.42. The van der Waals surface area contributed by atoms with E-state index in [1.54, 1.807) is 43.3 Å². The van der Waals surface area contributed by atoms with Gasteiger partial charge in [0.15, 0.2) is 0 Å². The molecule has 1 fully saturated rings. The minimum atomic E-state index is -3.75. The second kappa shape index (κ2) is 12.6. The average Bonchev–Trinajstić information content (AvgIpc) is 3.41. The number of hydrogen-bond donors (Lipinski definition) is 1. The van der Waals surface area contributed by atoms with Crippen molar-refractivity contribution in [3.63, 3.8) is 0 Å². The summed E-state index contributed by atoms with van der Waals surface area (Å²) in [4.78, 5) is 13.1. The highest BCUT2D eigenvalue weighted by Crippen LogP contribution is 2.26. The lowest BCUT2D eigenvalue weighted by Crippen LogP contribution is -2.50. The van der Waals surface area contributed by atoms with E-state index in [1.165, 1.54) is 16.4 Å². The predicted molar refractivity (Wildman–Crippen MR) is 142 cm³/mol. The van der Waals surface area contributed by atoms with E-state index in [4.69, 9.17) is 9.47 Å². The first-order valence-electron chi connectivity index (χ1n) is 12.3. The van der Waals surface area contributed by atoms with Crippen LogP contribution in [0.5, 0.6) is 11.5 Å². The molecular weight excluding hydrogens is 518 g/mol. The van der Waals surface area contributed by atoms with E-state index in [9.17, 15) is 21.6 Å². The zero-order chi connectivity index (χ0) is 27.1. The Morgan fingerprint density at radius 2 is 1.51 bits per heavy atom. The summed E-state index contributed by atoms with van der Waals surface area (Å²) in [5.41, 5.74) is 0.369. The van der Waals surface area contributed by atoms with Crippen molar-refractivity contribution in [3.8, 4) is 11.5 Å². The molecule has 0 radical (unpaired) electrons. The molecule has 1 atom stereocenters. The fraction of sp³-hybridized carbons (Fsp3) is 0.480. The van der Waals surface area contributed by atoms with Gasteiger partial charge in [0, 0.05) is 13.1 Å². The van der Waals surface area contributed by atoms with E-state index < -0.39 is 32.0 Å². The lowest BCUT2D eigenvalue weighted by Gasteiger charge is -2.30. The van der Waals surface area contributed by atoms with Crippen molar-refractivity contribution < 1.29 is 31.1 Å². The van der Waals surface area contributed by atoms with E-state index in [1.807, 2.05) is 6.92 Å². The van der Waals surface area contributed by atoms with Gasteiger partial charge in [0.2, 0.25) is 26.0 Å². The monoisotopic (exact) mass is 553 g/mol. The summed E-state index contributed by atoms with van der Waals surface area (Å²) in [6, 6.07) is 11.8. The van der Waals surface area contributed by atoms with Crippen LogP contribution < -0.4 is 19.1 Å². The maximum absolute atomic E-state index is 12.9. The van der Waals surface area contributed by atoms with Gasteiger partial charge in [-0.05, 0) is 74.7 Å². The Balaban J connectivity index is 1.58. The molecule has 0 saturated carbocycles. The number of carbonyl (C=O) groups excluding carboxylic acids is 1. The van der Waals surface area contributed by atoms with E-state index in [2.05, 4.69) is 5.32 Å². The molecule has 204 valence electrons. The molecule has 12 heteroatoms. The van der Waals surface area contributed by atoms with Crippen molar-refractivity contribution in [1.82, 2.24) is 9.62 Å². The van der Waals surface area contributed by atoms with Crippen molar-refractivity contribution in [2.75, 3.05) is 43.4 Å². The third kappa shape index (κ3) is 7.36. The molecule has 37 heavy (non-hydrogen) atoms. The molecule has 2 aromatic rings. The highest BCUT2D eigenvalue weighted by atomic mass is 32.2. The number of amides is 1. The third-order valence-corrected chi connectivity index (χ3v) is 9.02. The fourth-order valence-electron chi connectivity index (χ4n) is 4.16. The number of carbonyl (C=O) groups is 1. The van der Waals surface area contributed by atoms with Crippen LogP contribution in [0.1, 0.15) is 33.1 Å². The van der Waals surface area contributed by atoms with Crippen molar-refractivity contribution in [1.29, 1.82) is 0 Å². The molecule has 0 spiro atoms. The van der Waals surface area contributed by atoms with Crippen LogP contribution in [0, 0.1) is 0 Å². The minimum absolute atomic E-state index is 0.127. The average molecular weight is 554 g/mol. The van der Waals surface area contributed by atoms with Gasteiger partial charge < -0.3 is 14.8 Å². The molecule has 1 aliphatic heterocycles. The van der Waals surface area contributed by atoms with Gasteiger partial charge in [-0.15, -0.1) is 0 Å². The van der Waals surface area contributed by atoms with Crippen LogP contribution in [0.25, 0.3) is 0 Å². The first-order chi connectivity index (χ1) is 17.6. The molecule has 3 rings (SSSR count). The van der Waals surface area contributed by atoms with E-state index in [0.717, 1.165) is 23.4 Å². The summed E-state index contributed by atoms with van der Waals surface area (Å²) >= 11 is 0. The predicted octanol–water partition coefficient (Wildman–Crippen LogP) is 2.61. The van der Waals surface area contributed by atoms with Gasteiger partial charge in [0.05, 0.1) is 30.0 Å². The van der Waals surface area contributed by atoms with Gasteiger partial charge >= 0.3 is 0 Å². The molecule has 2 aromatic carbocycles.